The van der Waals surface area contributed by atoms with E-state index in [0.717, 1.165) is 23.1 Å². The van der Waals surface area contributed by atoms with Crippen molar-refractivity contribution in [3.8, 4) is 17.6 Å². The number of aromatic hydroxyl groups is 1. The fourth-order valence-electron chi connectivity index (χ4n) is 12.4. The lowest BCUT2D eigenvalue weighted by Crippen LogP contribution is -2.66. The van der Waals surface area contributed by atoms with E-state index < -0.39 is 84.1 Å². The first-order valence-corrected chi connectivity index (χ1v) is 28.5. The van der Waals surface area contributed by atoms with Gasteiger partial charge in [-0.05, 0) is 172 Å². The summed E-state index contributed by atoms with van der Waals surface area (Å²) in [6, 6.07) is 16.5. The number of aryl methyl sites for hydroxylation is 3. The number of hydrogen-bond donors (Lipinski definition) is 13. The molecule has 4 aliphatic heterocycles. The second-order valence-corrected chi connectivity index (χ2v) is 22.8. The maximum atomic E-state index is 13.7. The lowest BCUT2D eigenvalue weighted by atomic mass is 9.69. The molecule has 12 unspecified atom stereocenters. The maximum absolute atomic E-state index is 13.7. The van der Waals surface area contributed by atoms with Crippen LogP contribution in [0.1, 0.15) is 150 Å². The SMILES string of the molecule is CCCCC(O)C(O)C=CC1=C(CC(O)CO)C2CCC(O)C3NC(C)CCC(C(O)Cc4ccc(cc4CCC(=O)O)CC(C(C)(O)Cc4ccc(O)cc4)(CC#Cc4c(CCCCO)cccc4CC1)N2)C3CC(=O)O. The van der Waals surface area contributed by atoms with Gasteiger partial charge < -0.3 is 66.8 Å². The van der Waals surface area contributed by atoms with Gasteiger partial charge in [0.1, 0.15) is 5.75 Å². The van der Waals surface area contributed by atoms with Gasteiger partial charge in [0, 0.05) is 49.6 Å². The molecule has 7 rings (SSSR count). The van der Waals surface area contributed by atoms with Gasteiger partial charge in [-0.2, -0.15) is 0 Å². The third-order valence-corrected chi connectivity index (χ3v) is 16.9. The molecule has 13 N–H and O–H groups in total. The van der Waals surface area contributed by atoms with Gasteiger partial charge in [-0.3, -0.25) is 9.59 Å². The molecule has 0 aromatic heterocycles. The second kappa shape index (κ2) is 29.5. The molecule has 0 aliphatic carbocycles. The third kappa shape index (κ3) is 17.0. The molecule has 1 saturated heterocycles. The van der Waals surface area contributed by atoms with Crippen LogP contribution in [-0.2, 0) is 48.1 Å². The van der Waals surface area contributed by atoms with Crippen LogP contribution in [-0.4, -0.2) is 141 Å². The predicted molar refractivity (Wildman–Crippen MR) is 300 cm³/mol. The highest BCUT2D eigenvalue weighted by molar-refractivity contribution is 5.67. The summed E-state index contributed by atoms with van der Waals surface area (Å²) < 4.78 is 0. The molecule has 0 amide bonds. The molecular weight excluding hydrogens is 993 g/mol. The Morgan fingerprint density at radius 2 is 1.65 bits per heavy atom. The number of aliphatic carboxylic acids is 2. The standard InChI is InChI=1S/C63H88N2O13/c1-4-5-14-55(70)56(71)28-22-45-21-20-44-12-8-11-43(10-6-7-32-66)50(44)13-9-31-63(62(3,78)37-41-17-24-48(68)25-18-41)38-42-16-19-47(46(33-42)23-30-59(74)75)34-58(73)51-26-15-40(2)64-61(53(51)36-60(76)77)57(72)29-27-54(65-63)52(45)35-49(69)39-67/h8,11-12,16-19,22,24-25,28,33,40,49,51,53-58,61,64-73,78H,4-7,10,14-15,20-21,23,26-27,29-32,34-39H2,1-3H3,(H,74,75)(H,76,77). The van der Waals surface area contributed by atoms with Crippen LogP contribution in [0.4, 0.5) is 0 Å². The van der Waals surface area contributed by atoms with E-state index in [0.29, 0.717) is 91.2 Å². The highest BCUT2D eigenvalue weighted by atomic mass is 16.4. The summed E-state index contributed by atoms with van der Waals surface area (Å²) >= 11 is 0. The minimum Gasteiger partial charge on any atom is -0.508 e. The van der Waals surface area contributed by atoms with Crippen molar-refractivity contribution in [2.45, 2.75) is 209 Å². The molecule has 1 fully saturated rings. The Morgan fingerprint density at radius 1 is 0.885 bits per heavy atom. The first-order chi connectivity index (χ1) is 37.3. The van der Waals surface area contributed by atoms with Crippen molar-refractivity contribution in [3.05, 3.63) is 123 Å². The number of aliphatic hydroxyl groups is 8. The van der Waals surface area contributed by atoms with Crippen molar-refractivity contribution in [1.82, 2.24) is 10.6 Å². The molecule has 6 bridgehead atoms. The summed E-state index contributed by atoms with van der Waals surface area (Å²) in [5.41, 5.74) is 3.51. The topological polar surface area (TPSA) is 281 Å². The normalized spacial score (nSPS) is 26.3. The highest BCUT2D eigenvalue weighted by Gasteiger charge is 2.49. The van der Waals surface area contributed by atoms with Crippen molar-refractivity contribution in [2.24, 2.45) is 11.8 Å². The van der Waals surface area contributed by atoms with Crippen LogP contribution in [0.25, 0.3) is 0 Å². The number of carboxylic acid groups (broad SMARTS) is 2. The molecular formula is C63H88N2O13. The Hall–Kier alpha value is -4.96. The summed E-state index contributed by atoms with van der Waals surface area (Å²) in [7, 11) is 0. The molecule has 78 heavy (non-hydrogen) atoms. The molecule has 4 aliphatic rings. The smallest absolute Gasteiger partial charge is 0.303 e. The van der Waals surface area contributed by atoms with Gasteiger partial charge in [-0.25, -0.2) is 0 Å². The number of benzene rings is 3. The summed E-state index contributed by atoms with van der Waals surface area (Å²) in [6.07, 6.45) is 2.90. The van der Waals surface area contributed by atoms with E-state index in [-0.39, 0.29) is 82.6 Å². The fraction of sp³-hybridized carbons (Fsp3) is 0.587. The number of allylic oxidation sites excluding steroid dienone is 2. The zero-order valence-electron chi connectivity index (χ0n) is 46.0. The van der Waals surface area contributed by atoms with Gasteiger partial charge in [-0.15, -0.1) is 0 Å². The zero-order valence-corrected chi connectivity index (χ0v) is 46.0. The lowest BCUT2D eigenvalue weighted by molar-refractivity contribution is -0.140. The molecule has 0 spiro atoms. The summed E-state index contributed by atoms with van der Waals surface area (Å²) in [6.45, 7) is 5.11. The van der Waals surface area contributed by atoms with Crippen LogP contribution in [0.3, 0.4) is 0 Å². The van der Waals surface area contributed by atoms with E-state index in [4.69, 9.17) is 0 Å². The average Bonchev–Trinajstić information content (AvgIpc) is 3.74. The summed E-state index contributed by atoms with van der Waals surface area (Å²) in [5.74, 6) is 3.73. The van der Waals surface area contributed by atoms with Crippen molar-refractivity contribution in [2.75, 3.05) is 13.2 Å². The molecule has 15 nitrogen and oxygen atoms in total. The van der Waals surface area contributed by atoms with E-state index in [1.807, 2.05) is 50.2 Å². The summed E-state index contributed by atoms with van der Waals surface area (Å²) in [4.78, 5) is 25.1. The summed E-state index contributed by atoms with van der Waals surface area (Å²) in [5, 5.41) is 132. The molecule has 12 atom stereocenters. The molecule has 3 aromatic rings. The first kappa shape index (κ1) is 62.2. The van der Waals surface area contributed by atoms with E-state index >= 15 is 0 Å². The number of phenols is 1. The number of carboxylic acids is 2. The Morgan fingerprint density at radius 3 is 2.36 bits per heavy atom. The van der Waals surface area contributed by atoms with Gasteiger partial charge in [0.25, 0.3) is 0 Å². The van der Waals surface area contributed by atoms with E-state index in [2.05, 4.69) is 22.5 Å². The lowest BCUT2D eigenvalue weighted by Gasteiger charge is -2.49. The molecule has 4 heterocycles. The second-order valence-electron chi connectivity index (χ2n) is 22.8. The Balaban J connectivity index is 1.72. The maximum Gasteiger partial charge on any atom is 0.303 e. The number of aliphatic hydroxyl groups excluding tert-OH is 7. The van der Waals surface area contributed by atoms with Crippen LogP contribution in [0.5, 0.6) is 5.75 Å². The predicted octanol–water partition coefficient (Wildman–Crippen LogP) is 5.76. The number of carbonyl (C=O) groups is 2. The number of rotatable bonds is 21. The third-order valence-electron chi connectivity index (χ3n) is 16.9. The quantitative estimate of drug-likeness (QED) is 0.0446. The van der Waals surface area contributed by atoms with E-state index in [1.165, 1.54) is 0 Å². The Kier molecular flexibility index (Phi) is 23.5. The minimum atomic E-state index is -1.74. The Labute approximate surface area is 461 Å². The van der Waals surface area contributed by atoms with Crippen molar-refractivity contribution in [1.29, 1.82) is 0 Å². The highest BCUT2D eigenvalue weighted by Crippen LogP contribution is 2.40. The number of hydrogen-bond acceptors (Lipinski definition) is 13. The van der Waals surface area contributed by atoms with Gasteiger partial charge in [0.05, 0.1) is 54.7 Å². The number of fused-ring (bicyclic) bond motifs is 6. The average molecular weight is 1080 g/mol. The van der Waals surface area contributed by atoms with E-state index in [9.17, 15) is 65.8 Å². The number of unbranched alkanes of at least 4 members (excludes halogenated alkanes) is 2. The van der Waals surface area contributed by atoms with Crippen LogP contribution in [0, 0.1) is 23.7 Å². The number of phenolic OH excluding ortho intramolecular Hbond substituents is 1. The van der Waals surface area contributed by atoms with Crippen molar-refractivity contribution in [3.63, 3.8) is 0 Å². The minimum absolute atomic E-state index is 0.000121. The fourth-order valence-corrected chi connectivity index (χ4v) is 12.4. The Bertz CT molecular complexity index is 2550. The molecule has 3 aromatic carbocycles. The van der Waals surface area contributed by atoms with Crippen LogP contribution < -0.4 is 10.6 Å². The van der Waals surface area contributed by atoms with Crippen molar-refractivity contribution >= 4 is 11.9 Å². The van der Waals surface area contributed by atoms with Crippen LogP contribution in [0.15, 0.2) is 84.0 Å². The van der Waals surface area contributed by atoms with Gasteiger partial charge >= 0.3 is 11.9 Å². The molecule has 15 heteroatoms. The molecule has 0 saturated carbocycles. The van der Waals surface area contributed by atoms with Crippen LogP contribution >= 0.6 is 0 Å². The zero-order chi connectivity index (χ0) is 56.6. The van der Waals surface area contributed by atoms with Crippen molar-refractivity contribution < 1.29 is 65.8 Å². The monoisotopic (exact) mass is 1080 g/mol. The van der Waals surface area contributed by atoms with Gasteiger partial charge in [0.15, 0.2) is 0 Å². The first-order valence-electron chi connectivity index (χ1n) is 28.5. The van der Waals surface area contributed by atoms with E-state index in [1.54, 1.807) is 43.3 Å². The molecule has 0 radical (unpaired) electrons. The van der Waals surface area contributed by atoms with Gasteiger partial charge in [0.2, 0.25) is 0 Å². The largest absolute Gasteiger partial charge is 0.508 e. The van der Waals surface area contributed by atoms with Gasteiger partial charge in [-0.1, -0.05) is 92.3 Å². The molecule has 428 valence electrons. The van der Waals surface area contributed by atoms with Crippen LogP contribution in [0.2, 0.25) is 0 Å². The number of nitrogens with one attached hydrogen (secondary N) is 2.